The molecule has 3 N–H and O–H groups in total. The summed E-state index contributed by atoms with van der Waals surface area (Å²) in [5.74, 6) is -0.728. The Morgan fingerprint density at radius 2 is 1.40 bits per heavy atom. The molecule has 0 heterocycles. The number of hydrogen-bond donors (Lipinski definition) is 3. The van der Waals surface area contributed by atoms with E-state index in [9.17, 15) is 30.8 Å². The summed E-state index contributed by atoms with van der Waals surface area (Å²) in [5.41, 5.74) is 0.952. The second kappa shape index (κ2) is 14.6. The van der Waals surface area contributed by atoms with Crippen molar-refractivity contribution in [2.45, 2.75) is 68.5 Å². The summed E-state index contributed by atoms with van der Waals surface area (Å²) >= 11 is 0. The van der Waals surface area contributed by atoms with Crippen LogP contribution in [0.25, 0.3) is 11.1 Å². The lowest BCUT2D eigenvalue weighted by Gasteiger charge is -2.31. The van der Waals surface area contributed by atoms with Gasteiger partial charge in [0, 0.05) is 50.7 Å². The minimum Gasteiger partial charge on any atom is -0.383 e. The van der Waals surface area contributed by atoms with Crippen molar-refractivity contribution in [3.05, 3.63) is 78.4 Å². The van der Waals surface area contributed by atoms with E-state index in [1.165, 1.54) is 50.2 Å². The van der Waals surface area contributed by atoms with Crippen LogP contribution in [0, 0.1) is 0 Å². The van der Waals surface area contributed by atoms with E-state index in [-0.39, 0.29) is 10.5 Å². The molecule has 0 saturated carbocycles. The van der Waals surface area contributed by atoms with Gasteiger partial charge in [-0.05, 0) is 73.4 Å². The highest BCUT2D eigenvalue weighted by atomic mass is 32.2. The fourth-order valence-electron chi connectivity index (χ4n) is 4.77. The highest BCUT2D eigenvalue weighted by Crippen LogP contribution is 2.35. The molecular formula is C33H42F4N4O3S. The molecule has 12 heteroatoms. The number of anilines is 2. The summed E-state index contributed by atoms with van der Waals surface area (Å²) in [6.45, 7) is 4.61. The van der Waals surface area contributed by atoms with Gasteiger partial charge in [0.2, 0.25) is 5.91 Å². The summed E-state index contributed by atoms with van der Waals surface area (Å²) in [7, 11) is 0.459. The number of amides is 1. The number of rotatable bonds is 14. The Bertz CT molecular complexity index is 1500. The molecule has 7 nitrogen and oxygen atoms in total. The quantitative estimate of drug-likeness (QED) is 0.172. The van der Waals surface area contributed by atoms with Crippen molar-refractivity contribution >= 4 is 27.1 Å². The van der Waals surface area contributed by atoms with Gasteiger partial charge in [-0.15, -0.1) is 0 Å². The van der Waals surface area contributed by atoms with E-state index in [4.69, 9.17) is 0 Å². The average Bonchev–Trinajstić information content (AvgIpc) is 2.96. The van der Waals surface area contributed by atoms with Crippen LogP contribution in [0.4, 0.5) is 28.9 Å². The number of alkyl halides is 4. The van der Waals surface area contributed by atoms with Crippen LogP contribution in [-0.2, 0) is 14.6 Å². The van der Waals surface area contributed by atoms with Gasteiger partial charge in [-0.1, -0.05) is 43.3 Å². The normalized spacial score (nSPS) is 14.4. The molecule has 0 fully saturated rings. The SMILES string of the molecule is CC[C@@H](CNc1ccc(N(C)C)cc1)NC(=O)[C@H](CC(C)(C)F)N[C@@H](c1ccc(-c2ccc(S(C)(=O)=O)cc2)cc1)C(F)(F)F. The monoisotopic (exact) mass is 650 g/mol. The molecule has 246 valence electrons. The van der Waals surface area contributed by atoms with Crippen LogP contribution in [0.1, 0.15) is 45.2 Å². The molecule has 3 rings (SSSR count). The molecule has 0 radical (unpaired) electrons. The number of carbonyl (C=O) groups excluding carboxylic acids is 1. The summed E-state index contributed by atoms with van der Waals surface area (Å²) < 4.78 is 81.5. The number of nitrogens with zero attached hydrogens (tertiary/aromatic N) is 1. The van der Waals surface area contributed by atoms with E-state index < -0.39 is 52.1 Å². The Kier molecular flexibility index (Phi) is 11.7. The second-order valence-corrected chi connectivity index (χ2v) is 14.0. The largest absolute Gasteiger partial charge is 0.407 e. The van der Waals surface area contributed by atoms with Gasteiger partial charge in [0.25, 0.3) is 0 Å². The van der Waals surface area contributed by atoms with E-state index in [2.05, 4.69) is 16.0 Å². The van der Waals surface area contributed by atoms with Crippen LogP contribution in [0.5, 0.6) is 0 Å². The minimum absolute atomic E-state index is 0.129. The highest BCUT2D eigenvalue weighted by Gasteiger charge is 2.44. The zero-order valence-electron chi connectivity index (χ0n) is 26.4. The predicted octanol–water partition coefficient (Wildman–Crippen LogP) is 6.53. The first-order chi connectivity index (χ1) is 20.9. The van der Waals surface area contributed by atoms with Gasteiger partial charge in [-0.25, -0.2) is 12.8 Å². The van der Waals surface area contributed by atoms with Crippen molar-refractivity contribution in [2.24, 2.45) is 0 Å². The second-order valence-electron chi connectivity index (χ2n) is 12.0. The van der Waals surface area contributed by atoms with Crippen molar-refractivity contribution in [2.75, 3.05) is 37.1 Å². The molecule has 0 aromatic heterocycles. The third kappa shape index (κ3) is 10.7. The molecule has 0 aliphatic rings. The first-order valence-electron chi connectivity index (χ1n) is 14.6. The fraction of sp³-hybridized carbons (Fsp3) is 0.424. The van der Waals surface area contributed by atoms with Crippen LogP contribution in [0.3, 0.4) is 0 Å². The van der Waals surface area contributed by atoms with Crippen molar-refractivity contribution in [3.63, 3.8) is 0 Å². The van der Waals surface area contributed by atoms with Crippen LogP contribution in [0.2, 0.25) is 0 Å². The van der Waals surface area contributed by atoms with Crippen LogP contribution < -0.4 is 20.9 Å². The number of nitrogens with one attached hydrogen (secondary N) is 3. The molecule has 0 bridgehead atoms. The molecule has 0 aliphatic heterocycles. The molecular weight excluding hydrogens is 608 g/mol. The van der Waals surface area contributed by atoms with Gasteiger partial charge < -0.3 is 15.5 Å². The van der Waals surface area contributed by atoms with E-state index in [1.807, 2.05) is 50.2 Å². The summed E-state index contributed by atoms with van der Waals surface area (Å²) in [4.78, 5) is 15.5. The number of benzene rings is 3. The standard InChI is InChI=1S/C33H42F4N4O3S/c1-7-25(21-38-26-14-16-27(17-15-26)41(4)5)39-31(42)29(20-32(2,3)34)40-30(33(35,36)37)24-10-8-22(9-11-24)23-12-18-28(19-13-23)45(6,43)44/h8-19,25,29-30,38,40H,7,20-21H2,1-6H3,(H,39,42)/t25-,29-,30-/m0/s1. The lowest BCUT2D eigenvalue weighted by molar-refractivity contribution is -0.161. The van der Waals surface area contributed by atoms with Gasteiger partial charge in [-0.3, -0.25) is 10.1 Å². The molecule has 0 unspecified atom stereocenters. The zero-order valence-corrected chi connectivity index (χ0v) is 27.2. The molecule has 0 spiro atoms. The van der Waals surface area contributed by atoms with Crippen molar-refractivity contribution < 1.29 is 30.8 Å². The fourth-order valence-corrected chi connectivity index (χ4v) is 5.40. The van der Waals surface area contributed by atoms with Gasteiger partial charge in [-0.2, -0.15) is 13.2 Å². The van der Waals surface area contributed by atoms with Crippen molar-refractivity contribution in [3.8, 4) is 11.1 Å². The molecule has 45 heavy (non-hydrogen) atoms. The van der Waals surface area contributed by atoms with E-state index >= 15 is 0 Å². The number of carbonyl (C=O) groups is 1. The summed E-state index contributed by atoms with van der Waals surface area (Å²) in [6, 6.07) is 15.1. The Balaban J connectivity index is 1.78. The Morgan fingerprint density at radius 1 is 0.867 bits per heavy atom. The van der Waals surface area contributed by atoms with Gasteiger partial charge in [0.15, 0.2) is 9.84 Å². The zero-order chi connectivity index (χ0) is 33.6. The molecule has 3 aromatic rings. The first kappa shape index (κ1) is 35.8. The Labute approximate surface area is 263 Å². The van der Waals surface area contributed by atoms with Crippen molar-refractivity contribution in [1.82, 2.24) is 10.6 Å². The Hall–Kier alpha value is -3.64. The first-order valence-corrected chi connectivity index (χ1v) is 16.5. The Morgan fingerprint density at radius 3 is 1.84 bits per heavy atom. The highest BCUT2D eigenvalue weighted by molar-refractivity contribution is 7.90. The van der Waals surface area contributed by atoms with Crippen LogP contribution in [-0.4, -0.2) is 65.1 Å². The molecule has 3 aromatic carbocycles. The average molecular weight is 651 g/mol. The smallest absolute Gasteiger partial charge is 0.383 e. The van der Waals surface area contributed by atoms with Gasteiger partial charge >= 0.3 is 6.18 Å². The molecule has 3 atom stereocenters. The van der Waals surface area contributed by atoms with E-state index in [1.54, 1.807) is 12.1 Å². The number of sulfone groups is 1. The van der Waals surface area contributed by atoms with Crippen LogP contribution in [0.15, 0.2) is 77.7 Å². The summed E-state index contributed by atoms with van der Waals surface area (Å²) in [6.07, 6.45) is -3.69. The predicted molar refractivity (Wildman–Crippen MR) is 172 cm³/mol. The molecule has 0 aliphatic carbocycles. The van der Waals surface area contributed by atoms with E-state index in [0.29, 0.717) is 24.1 Å². The van der Waals surface area contributed by atoms with Crippen molar-refractivity contribution in [1.29, 1.82) is 0 Å². The van der Waals surface area contributed by atoms with E-state index in [0.717, 1.165) is 17.6 Å². The lowest BCUT2D eigenvalue weighted by Crippen LogP contribution is -2.53. The van der Waals surface area contributed by atoms with Gasteiger partial charge in [0.1, 0.15) is 11.7 Å². The molecule has 1 amide bonds. The number of halogens is 4. The summed E-state index contributed by atoms with van der Waals surface area (Å²) in [5, 5.41) is 8.43. The maximum absolute atomic E-state index is 14.8. The number of hydrogen-bond acceptors (Lipinski definition) is 6. The van der Waals surface area contributed by atoms with Crippen LogP contribution >= 0.6 is 0 Å². The maximum Gasteiger partial charge on any atom is 0.407 e. The maximum atomic E-state index is 14.8. The third-order valence-electron chi connectivity index (χ3n) is 7.34. The minimum atomic E-state index is -4.79. The third-order valence-corrected chi connectivity index (χ3v) is 8.46. The van der Waals surface area contributed by atoms with Gasteiger partial charge in [0.05, 0.1) is 10.9 Å². The topological polar surface area (TPSA) is 90.5 Å². The lowest BCUT2D eigenvalue weighted by atomic mass is 9.96. The molecule has 0 saturated heterocycles.